The lowest BCUT2D eigenvalue weighted by Crippen LogP contribution is -2.45. The average Bonchev–Trinajstić information content (AvgIpc) is 3.04. The average molecular weight is 364 g/mol. The molecule has 126 valence electrons. The zero-order valence-corrected chi connectivity index (χ0v) is 15.1. The summed E-state index contributed by atoms with van der Waals surface area (Å²) in [6.45, 7) is 5.17. The lowest BCUT2D eigenvalue weighted by atomic mass is 10.2. The van der Waals surface area contributed by atoms with Gasteiger partial charge in [0, 0.05) is 26.2 Å². The van der Waals surface area contributed by atoms with E-state index in [-0.39, 0.29) is 29.7 Å². The van der Waals surface area contributed by atoms with Crippen molar-refractivity contribution in [2.24, 2.45) is 0 Å². The monoisotopic (exact) mass is 364 g/mol. The number of carbonyl (C=O) groups is 1. The van der Waals surface area contributed by atoms with Crippen molar-refractivity contribution in [3.63, 3.8) is 0 Å². The van der Waals surface area contributed by atoms with Crippen molar-refractivity contribution in [2.75, 3.05) is 25.0 Å². The Labute approximate surface area is 149 Å². The van der Waals surface area contributed by atoms with Crippen molar-refractivity contribution < 1.29 is 13.9 Å². The quantitative estimate of drug-likeness (QED) is 0.582. The van der Waals surface area contributed by atoms with Crippen molar-refractivity contribution in [1.82, 2.24) is 9.88 Å². The van der Waals surface area contributed by atoms with Crippen LogP contribution in [-0.4, -0.2) is 52.5 Å². The molecule has 2 saturated heterocycles. The van der Waals surface area contributed by atoms with E-state index in [1.54, 1.807) is 7.05 Å². The van der Waals surface area contributed by atoms with Gasteiger partial charge in [-0.3, -0.25) is 9.69 Å². The molecule has 9 heteroatoms. The minimum absolute atomic E-state index is 0.0326. The predicted molar refractivity (Wildman–Crippen MR) is 94.4 cm³/mol. The highest BCUT2D eigenvalue weighted by Crippen LogP contribution is 2.33. The Kier molecular flexibility index (Phi) is 4.62. The van der Waals surface area contributed by atoms with Gasteiger partial charge in [0.2, 0.25) is 17.5 Å². The fraction of sp³-hybridized carbons (Fsp3) is 0.467. The molecule has 3 heterocycles. The van der Waals surface area contributed by atoms with E-state index in [1.165, 1.54) is 22.7 Å². The number of nitriles is 1. The fourth-order valence-corrected chi connectivity index (χ4v) is 3.82. The Bertz CT molecular complexity index is 757. The third kappa shape index (κ3) is 3.17. The third-order valence-electron chi connectivity index (χ3n) is 3.68. The van der Waals surface area contributed by atoms with Crippen LogP contribution in [-0.2, 0) is 9.53 Å². The number of carbonyl (C=O) groups excluding carboxylic acids is 1. The van der Waals surface area contributed by atoms with Gasteiger partial charge in [-0.15, -0.1) is 0 Å². The van der Waals surface area contributed by atoms with E-state index >= 15 is 0 Å². The third-order valence-corrected chi connectivity index (χ3v) is 5.16. The zero-order chi connectivity index (χ0) is 17.4. The Balaban J connectivity index is 1.90. The summed E-state index contributed by atoms with van der Waals surface area (Å²) >= 11 is 6.28. The molecule has 1 aromatic heterocycles. The van der Waals surface area contributed by atoms with Gasteiger partial charge in [-0.2, -0.15) is 10.2 Å². The Hall–Kier alpha value is -1.89. The number of ether oxygens (including phenoxy) is 1. The lowest BCUT2D eigenvalue weighted by molar-refractivity contribution is -0.121. The maximum Gasteiger partial charge on any atom is 0.266 e. The zero-order valence-electron chi connectivity index (χ0n) is 13.5. The number of hydrogen-bond donors (Lipinski definition) is 0. The molecule has 24 heavy (non-hydrogen) atoms. The topological polar surface area (TPSA) is 82.6 Å². The molecule has 2 aliphatic rings. The van der Waals surface area contributed by atoms with Gasteiger partial charge in [0.15, 0.2) is 0 Å². The van der Waals surface area contributed by atoms with E-state index in [9.17, 15) is 10.1 Å². The minimum Gasteiger partial charge on any atom is -0.420 e. The number of thioether (sulfide) groups is 1. The number of rotatable bonds is 2. The van der Waals surface area contributed by atoms with Crippen molar-refractivity contribution in [2.45, 2.75) is 26.1 Å². The van der Waals surface area contributed by atoms with Gasteiger partial charge in [0.25, 0.3) is 5.91 Å². The molecule has 0 aliphatic carbocycles. The summed E-state index contributed by atoms with van der Waals surface area (Å²) in [6, 6.07) is 2.05. The molecule has 0 radical (unpaired) electrons. The number of morpholine rings is 1. The Morgan fingerprint density at radius 3 is 2.62 bits per heavy atom. The van der Waals surface area contributed by atoms with Crippen LogP contribution in [0.4, 0.5) is 5.88 Å². The van der Waals surface area contributed by atoms with Crippen molar-refractivity contribution in [3.05, 3.63) is 16.5 Å². The second-order valence-electron chi connectivity index (χ2n) is 5.72. The van der Waals surface area contributed by atoms with Gasteiger partial charge in [0.05, 0.1) is 17.1 Å². The second kappa shape index (κ2) is 6.55. The standard InChI is InChI=1S/C15H16N4O3S2/c1-8-6-19(7-9(2)21-8)14-10(5-16)17-12(22-14)4-11-13(20)18(3)15(23)24-11/h4,8-9H,6-7H2,1-3H3/b11-4-. The van der Waals surface area contributed by atoms with Crippen LogP contribution in [0.1, 0.15) is 25.4 Å². The van der Waals surface area contributed by atoms with E-state index < -0.39 is 0 Å². The normalized spacial score (nSPS) is 26.3. The molecule has 2 unspecified atom stereocenters. The molecule has 7 nitrogen and oxygen atoms in total. The first kappa shape index (κ1) is 17.0. The summed E-state index contributed by atoms with van der Waals surface area (Å²) in [7, 11) is 1.62. The number of anilines is 1. The molecule has 1 amide bonds. The summed E-state index contributed by atoms with van der Waals surface area (Å²) in [5, 5.41) is 9.34. The first-order chi connectivity index (χ1) is 11.4. The highest BCUT2D eigenvalue weighted by atomic mass is 32.2. The smallest absolute Gasteiger partial charge is 0.266 e. The van der Waals surface area contributed by atoms with Crippen LogP contribution in [0.3, 0.4) is 0 Å². The molecule has 0 N–H and O–H groups in total. The molecule has 1 aromatic rings. The molecule has 3 rings (SSSR count). The molecule has 2 aliphatic heterocycles. The molecule has 0 aromatic carbocycles. The molecule has 0 bridgehead atoms. The van der Waals surface area contributed by atoms with Crippen LogP contribution in [0.25, 0.3) is 6.08 Å². The summed E-state index contributed by atoms with van der Waals surface area (Å²) in [6.07, 6.45) is 1.59. The Morgan fingerprint density at radius 1 is 1.42 bits per heavy atom. The number of amides is 1. The fourth-order valence-electron chi connectivity index (χ4n) is 2.68. The largest absolute Gasteiger partial charge is 0.420 e. The SMILES string of the molecule is CC1CN(c2oc(/C=C3\SC(=S)N(C)C3=O)nc2C#N)CC(C)O1. The maximum absolute atomic E-state index is 12.1. The van der Waals surface area contributed by atoms with Gasteiger partial charge in [-0.05, 0) is 13.8 Å². The first-order valence-electron chi connectivity index (χ1n) is 7.42. The van der Waals surface area contributed by atoms with Crippen LogP contribution in [0.2, 0.25) is 0 Å². The molecular weight excluding hydrogens is 348 g/mol. The van der Waals surface area contributed by atoms with E-state index in [2.05, 4.69) is 11.1 Å². The minimum atomic E-state index is -0.197. The van der Waals surface area contributed by atoms with Crippen LogP contribution in [0, 0.1) is 11.3 Å². The van der Waals surface area contributed by atoms with Gasteiger partial charge in [0.1, 0.15) is 10.4 Å². The Morgan fingerprint density at radius 2 is 2.08 bits per heavy atom. The summed E-state index contributed by atoms with van der Waals surface area (Å²) < 4.78 is 11.9. The predicted octanol–water partition coefficient (Wildman–Crippen LogP) is 1.99. The lowest BCUT2D eigenvalue weighted by Gasteiger charge is -2.34. The maximum atomic E-state index is 12.1. The molecule has 2 atom stereocenters. The number of oxazole rings is 1. The van der Waals surface area contributed by atoms with Gasteiger partial charge in [-0.1, -0.05) is 24.0 Å². The van der Waals surface area contributed by atoms with Gasteiger partial charge < -0.3 is 14.1 Å². The molecular formula is C15H16N4O3S2. The van der Waals surface area contributed by atoms with Crippen LogP contribution >= 0.6 is 24.0 Å². The van der Waals surface area contributed by atoms with E-state index in [1.807, 2.05) is 18.7 Å². The molecule has 0 saturated carbocycles. The van der Waals surface area contributed by atoms with Crippen LogP contribution in [0.5, 0.6) is 0 Å². The highest BCUT2D eigenvalue weighted by Gasteiger charge is 2.31. The summed E-state index contributed by atoms with van der Waals surface area (Å²) in [5.41, 5.74) is 0.203. The number of likely N-dealkylation sites (N-methyl/N-ethyl adjacent to an activating group) is 1. The van der Waals surface area contributed by atoms with Gasteiger partial charge >= 0.3 is 0 Å². The second-order valence-corrected chi connectivity index (χ2v) is 7.40. The highest BCUT2D eigenvalue weighted by molar-refractivity contribution is 8.26. The summed E-state index contributed by atoms with van der Waals surface area (Å²) in [4.78, 5) is 20.0. The van der Waals surface area contributed by atoms with Crippen LogP contribution < -0.4 is 4.90 Å². The van der Waals surface area contributed by atoms with Gasteiger partial charge in [-0.25, -0.2) is 0 Å². The van der Waals surface area contributed by atoms with Crippen molar-refractivity contribution in [1.29, 1.82) is 5.26 Å². The first-order valence-corrected chi connectivity index (χ1v) is 8.64. The van der Waals surface area contributed by atoms with E-state index in [0.717, 1.165) is 0 Å². The number of nitrogens with zero attached hydrogens (tertiary/aromatic N) is 4. The van der Waals surface area contributed by atoms with E-state index in [0.29, 0.717) is 28.2 Å². The van der Waals surface area contributed by atoms with Crippen molar-refractivity contribution >= 4 is 46.2 Å². The summed E-state index contributed by atoms with van der Waals surface area (Å²) in [5.74, 6) is 0.442. The number of thiocarbonyl (C=S) groups is 1. The number of hydrogen-bond acceptors (Lipinski definition) is 8. The molecule has 2 fully saturated rings. The van der Waals surface area contributed by atoms with Crippen molar-refractivity contribution in [3.8, 4) is 6.07 Å². The van der Waals surface area contributed by atoms with E-state index in [4.69, 9.17) is 21.4 Å². The molecule has 0 spiro atoms. The number of aromatic nitrogens is 1. The van der Waals surface area contributed by atoms with Crippen LogP contribution in [0.15, 0.2) is 9.32 Å².